The number of rotatable bonds is 3. The minimum absolute atomic E-state index is 0.356. The van der Waals surface area contributed by atoms with Crippen molar-refractivity contribution >= 4 is 11.8 Å². The van der Waals surface area contributed by atoms with Crippen LogP contribution < -0.4 is 5.32 Å². The summed E-state index contributed by atoms with van der Waals surface area (Å²) in [5.41, 5.74) is 0.919. The number of aryl methyl sites for hydroxylation is 1. The molecule has 1 saturated carbocycles. The zero-order valence-corrected chi connectivity index (χ0v) is 12.2. The summed E-state index contributed by atoms with van der Waals surface area (Å²) >= 11 is 1.68. The molecule has 19 heavy (non-hydrogen) atoms. The summed E-state index contributed by atoms with van der Waals surface area (Å²) < 4.78 is 17.1. The molecule has 2 heterocycles. The van der Waals surface area contributed by atoms with E-state index in [2.05, 4.69) is 10.3 Å². The molecule has 2 unspecified atom stereocenters. The third-order valence-electron chi connectivity index (χ3n) is 3.83. The molecule has 1 aromatic rings. The number of hydrogen-bond donors (Lipinski definition) is 1. The van der Waals surface area contributed by atoms with Crippen molar-refractivity contribution in [3.63, 3.8) is 0 Å². The van der Waals surface area contributed by atoms with Gasteiger partial charge in [0.2, 0.25) is 0 Å². The maximum atomic E-state index is 5.83. The summed E-state index contributed by atoms with van der Waals surface area (Å²) in [6, 6.07) is 0.440. The van der Waals surface area contributed by atoms with Crippen LogP contribution in [-0.2, 0) is 9.47 Å². The Morgan fingerprint density at radius 3 is 2.84 bits per heavy atom. The zero-order valence-electron chi connectivity index (χ0n) is 11.3. The van der Waals surface area contributed by atoms with Crippen molar-refractivity contribution in [2.45, 2.75) is 48.5 Å². The van der Waals surface area contributed by atoms with Gasteiger partial charge in [-0.25, -0.2) is 4.98 Å². The van der Waals surface area contributed by atoms with Crippen molar-refractivity contribution in [2.24, 2.45) is 0 Å². The molecule has 1 aliphatic carbocycles. The highest BCUT2D eigenvalue weighted by Gasteiger charge is 2.45. The molecule has 1 aromatic heterocycles. The van der Waals surface area contributed by atoms with Gasteiger partial charge >= 0.3 is 0 Å². The molecule has 6 heteroatoms. The van der Waals surface area contributed by atoms with Crippen LogP contribution in [-0.4, -0.2) is 42.3 Å². The van der Waals surface area contributed by atoms with E-state index < -0.39 is 0 Å². The van der Waals surface area contributed by atoms with E-state index in [0.717, 1.165) is 30.2 Å². The molecule has 0 aromatic carbocycles. The van der Waals surface area contributed by atoms with Crippen LogP contribution in [0.4, 0.5) is 0 Å². The second-order valence-electron chi connectivity index (χ2n) is 5.16. The van der Waals surface area contributed by atoms with E-state index in [9.17, 15) is 0 Å². The van der Waals surface area contributed by atoms with Gasteiger partial charge in [-0.15, -0.1) is 0 Å². The van der Waals surface area contributed by atoms with E-state index >= 15 is 0 Å². The lowest BCUT2D eigenvalue weighted by Gasteiger charge is -2.40. The van der Waals surface area contributed by atoms with Crippen LogP contribution in [0.3, 0.4) is 0 Å². The first-order valence-electron chi connectivity index (χ1n) is 6.75. The van der Waals surface area contributed by atoms with Crippen molar-refractivity contribution < 1.29 is 13.9 Å². The van der Waals surface area contributed by atoms with Gasteiger partial charge in [0.1, 0.15) is 6.26 Å². The summed E-state index contributed by atoms with van der Waals surface area (Å²) in [4.78, 5) is 4.38. The molecule has 3 rings (SSSR count). The van der Waals surface area contributed by atoms with Crippen molar-refractivity contribution in [3.05, 3.63) is 12.0 Å². The standard InChI is InChI=1S/C13H20N2O3S/c1-9-8-16-12(15-9)19-11-7-13(17-5-6-18-13)4-3-10(11)14-2/h8,10-11,14H,3-7H2,1-2H3. The van der Waals surface area contributed by atoms with Crippen LogP contribution in [0.5, 0.6) is 0 Å². The maximum absolute atomic E-state index is 5.83. The van der Waals surface area contributed by atoms with E-state index in [-0.39, 0.29) is 5.79 Å². The highest BCUT2D eigenvalue weighted by Crippen LogP contribution is 2.42. The molecule has 0 bridgehead atoms. The Kier molecular flexibility index (Phi) is 3.84. The molecule has 1 spiro atoms. The SMILES string of the molecule is CNC1CCC2(CC1Sc1nc(C)co1)OCCO2. The Hall–Kier alpha value is -0.560. The number of nitrogens with zero attached hydrogens (tertiary/aromatic N) is 1. The molecule has 1 saturated heterocycles. The third kappa shape index (κ3) is 2.81. The highest BCUT2D eigenvalue weighted by atomic mass is 32.2. The molecular weight excluding hydrogens is 264 g/mol. The van der Waals surface area contributed by atoms with E-state index in [1.54, 1.807) is 18.0 Å². The normalized spacial score (nSPS) is 30.0. The lowest BCUT2D eigenvalue weighted by molar-refractivity contribution is -0.177. The minimum atomic E-state index is -0.368. The van der Waals surface area contributed by atoms with Crippen LogP contribution in [0.15, 0.2) is 15.9 Å². The van der Waals surface area contributed by atoms with Crippen LogP contribution >= 0.6 is 11.8 Å². The number of ether oxygens (including phenoxy) is 2. The predicted octanol–water partition coefficient (Wildman–Crippen LogP) is 1.96. The van der Waals surface area contributed by atoms with Gasteiger partial charge < -0.3 is 19.2 Å². The summed E-state index contributed by atoms with van der Waals surface area (Å²) in [6.07, 6.45) is 4.58. The fraction of sp³-hybridized carbons (Fsp3) is 0.769. The van der Waals surface area contributed by atoms with Gasteiger partial charge in [-0.05, 0) is 20.4 Å². The first kappa shape index (κ1) is 13.4. The lowest BCUT2D eigenvalue weighted by atomic mass is 9.89. The monoisotopic (exact) mass is 284 g/mol. The Bertz CT molecular complexity index is 431. The molecular formula is C13H20N2O3S. The number of oxazole rings is 1. The van der Waals surface area contributed by atoms with Crippen LogP contribution in [0.25, 0.3) is 0 Å². The van der Waals surface area contributed by atoms with Gasteiger partial charge in [0.05, 0.1) is 18.9 Å². The summed E-state index contributed by atoms with van der Waals surface area (Å²) in [6.45, 7) is 3.36. The smallest absolute Gasteiger partial charge is 0.256 e. The second kappa shape index (κ2) is 5.44. The van der Waals surface area contributed by atoms with Crippen LogP contribution in [0.2, 0.25) is 0 Å². The summed E-state index contributed by atoms with van der Waals surface area (Å²) in [7, 11) is 2.01. The Morgan fingerprint density at radius 1 is 1.42 bits per heavy atom. The van der Waals surface area contributed by atoms with Crippen LogP contribution in [0.1, 0.15) is 25.0 Å². The molecule has 0 amide bonds. The van der Waals surface area contributed by atoms with Gasteiger partial charge in [-0.2, -0.15) is 0 Å². The first-order valence-corrected chi connectivity index (χ1v) is 7.63. The fourth-order valence-electron chi connectivity index (χ4n) is 2.84. The molecule has 2 aliphatic rings. The van der Waals surface area contributed by atoms with Gasteiger partial charge in [-0.1, -0.05) is 11.8 Å². The van der Waals surface area contributed by atoms with Crippen molar-refractivity contribution in [1.29, 1.82) is 0 Å². The van der Waals surface area contributed by atoms with Gasteiger partial charge in [0, 0.05) is 24.1 Å². The number of aromatic nitrogens is 1. The number of thioether (sulfide) groups is 1. The quantitative estimate of drug-likeness (QED) is 0.915. The maximum Gasteiger partial charge on any atom is 0.256 e. The highest BCUT2D eigenvalue weighted by molar-refractivity contribution is 7.99. The largest absolute Gasteiger partial charge is 0.440 e. The lowest BCUT2D eigenvalue weighted by Crippen LogP contribution is -2.48. The predicted molar refractivity (Wildman–Crippen MR) is 72.2 cm³/mol. The molecule has 2 fully saturated rings. The number of nitrogens with one attached hydrogen (secondary N) is 1. The molecule has 5 nitrogen and oxygen atoms in total. The first-order chi connectivity index (χ1) is 9.21. The van der Waals surface area contributed by atoms with Crippen molar-refractivity contribution in [1.82, 2.24) is 10.3 Å². The van der Waals surface area contributed by atoms with Gasteiger partial charge in [0.25, 0.3) is 5.22 Å². The van der Waals surface area contributed by atoms with E-state index in [1.165, 1.54) is 0 Å². The average molecular weight is 284 g/mol. The molecule has 1 aliphatic heterocycles. The van der Waals surface area contributed by atoms with Crippen molar-refractivity contribution in [2.75, 3.05) is 20.3 Å². The summed E-state index contributed by atoms with van der Waals surface area (Å²) in [5, 5.41) is 4.48. The van der Waals surface area contributed by atoms with Crippen molar-refractivity contribution in [3.8, 4) is 0 Å². The van der Waals surface area contributed by atoms with Gasteiger partial charge in [0.15, 0.2) is 5.79 Å². The Labute approximate surface area is 117 Å². The third-order valence-corrected chi connectivity index (χ3v) is 5.02. The fourth-order valence-corrected chi connectivity index (χ4v) is 4.17. The molecule has 2 atom stereocenters. The van der Waals surface area contributed by atoms with Crippen LogP contribution in [0, 0.1) is 6.92 Å². The Balaban J connectivity index is 1.71. The zero-order chi connectivity index (χ0) is 13.3. The second-order valence-corrected chi connectivity index (χ2v) is 6.35. The minimum Gasteiger partial charge on any atom is -0.440 e. The summed E-state index contributed by atoms with van der Waals surface area (Å²) in [5.74, 6) is -0.368. The molecule has 0 radical (unpaired) electrons. The van der Waals surface area contributed by atoms with E-state index in [4.69, 9.17) is 13.9 Å². The topological polar surface area (TPSA) is 56.5 Å². The molecule has 106 valence electrons. The van der Waals surface area contributed by atoms with E-state index in [0.29, 0.717) is 24.5 Å². The van der Waals surface area contributed by atoms with E-state index in [1.807, 2.05) is 14.0 Å². The average Bonchev–Trinajstić information content (AvgIpc) is 3.00. The van der Waals surface area contributed by atoms with Gasteiger partial charge in [-0.3, -0.25) is 0 Å². The molecule has 1 N–H and O–H groups in total. The number of hydrogen-bond acceptors (Lipinski definition) is 6. The Morgan fingerprint density at radius 2 is 2.21 bits per heavy atom.